The monoisotopic (exact) mass is 271 g/mol. The maximum Gasteiger partial charge on any atom is 0.123 e. The van der Waals surface area contributed by atoms with Crippen LogP contribution in [-0.4, -0.2) is 6.61 Å². The maximum atomic E-state index is 13.2. The van der Waals surface area contributed by atoms with E-state index < -0.39 is 0 Å². The first-order valence-corrected chi connectivity index (χ1v) is 7.04. The lowest BCUT2D eigenvalue weighted by molar-refractivity contribution is 0.340. The van der Waals surface area contributed by atoms with Crippen molar-refractivity contribution in [3.8, 4) is 5.75 Å². The molecular weight excluding hydrogens is 253 g/mol. The van der Waals surface area contributed by atoms with Crippen LogP contribution in [0.4, 0.5) is 10.1 Å². The average molecular weight is 271 g/mol. The standard InChI is InChI=1S/C17H18FNO/c1-2-20-15-7-5-14(6-8-15)19-17-10-3-12-11-13(18)4-9-16(12)17/h4-9,11,17,19H,2-3,10H2,1H3. The minimum Gasteiger partial charge on any atom is -0.494 e. The van der Waals surface area contributed by atoms with Crippen LogP contribution in [0.15, 0.2) is 42.5 Å². The van der Waals surface area contributed by atoms with E-state index >= 15 is 0 Å². The highest BCUT2D eigenvalue weighted by molar-refractivity contribution is 5.50. The number of nitrogens with one attached hydrogen (secondary N) is 1. The fourth-order valence-corrected chi connectivity index (χ4v) is 2.75. The minimum absolute atomic E-state index is 0.148. The lowest BCUT2D eigenvalue weighted by atomic mass is 10.1. The smallest absolute Gasteiger partial charge is 0.123 e. The first-order chi connectivity index (χ1) is 9.76. The lowest BCUT2D eigenvalue weighted by Crippen LogP contribution is -2.07. The van der Waals surface area contributed by atoms with E-state index in [1.165, 1.54) is 11.6 Å². The van der Waals surface area contributed by atoms with Gasteiger partial charge in [-0.1, -0.05) is 6.07 Å². The van der Waals surface area contributed by atoms with E-state index in [4.69, 9.17) is 4.74 Å². The molecule has 0 spiro atoms. The molecule has 104 valence electrons. The van der Waals surface area contributed by atoms with Crippen LogP contribution in [0.2, 0.25) is 0 Å². The molecule has 3 rings (SSSR count). The van der Waals surface area contributed by atoms with E-state index in [2.05, 4.69) is 5.32 Å². The molecule has 0 saturated heterocycles. The minimum atomic E-state index is -0.148. The fraction of sp³-hybridized carbons (Fsp3) is 0.294. The number of ether oxygens (including phenoxy) is 1. The van der Waals surface area contributed by atoms with Crippen LogP contribution in [0.1, 0.15) is 30.5 Å². The molecule has 0 saturated carbocycles. The Kier molecular flexibility index (Phi) is 3.59. The third-order valence-electron chi connectivity index (χ3n) is 3.69. The SMILES string of the molecule is CCOc1ccc(NC2CCc3cc(F)ccc32)cc1. The zero-order valence-corrected chi connectivity index (χ0v) is 11.5. The second-order valence-corrected chi connectivity index (χ2v) is 5.04. The van der Waals surface area contributed by atoms with E-state index in [9.17, 15) is 4.39 Å². The molecule has 1 aliphatic rings. The van der Waals surface area contributed by atoms with Crippen LogP contribution in [0.3, 0.4) is 0 Å². The Labute approximate surface area is 118 Å². The molecule has 0 aliphatic heterocycles. The van der Waals surface area contributed by atoms with Gasteiger partial charge < -0.3 is 10.1 Å². The van der Waals surface area contributed by atoms with Gasteiger partial charge in [-0.15, -0.1) is 0 Å². The van der Waals surface area contributed by atoms with E-state index in [-0.39, 0.29) is 11.9 Å². The number of rotatable bonds is 4. The molecular formula is C17H18FNO. The van der Waals surface area contributed by atoms with Crippen molar-refractivity contribution in [2.45, 2.75) is 25.8 Å². The van der Waals surface area contributed by atoms with Gasteiger partial charge in [0.15, 0.2) is 0 Å². The summed E-state index contributed by atoms with van der Waals surface area (Å²) < 4.78 is 18.6. The molecule has 2 aromatic rings. The number of halogens is 1. The maximum absolute atomic E-state index is 13.2. The van der Waals surface area contributed by atoms with Crippen LogP contribution in [0, 0.1) is 5.82 Å². The summed E-state index contributed by atoms with van der Waals surface area (Å²) in [6.45, 7) is 2.65. The largest absolute Gasteiger partial charge is 0.494 e. The summed E-state index contributed by atoms with van der Waals surface area (Å²) in [4.78, 5) is 0. The average Bonchev–Trinajstić information content (AvgIpc) is 2.83. The highest BCUT2D eigenvalue weighted by atomic mass is 19.1. The molecule has 1 aliphatic carbocycles. The molecule has 1 unspecified atom stereocenters. The number of anilines is 1. The van der Waals surface area contributed by atoms with Gasteiger partial charge in [0.05, 0.1) is 12.6 Å². The highest BCUT2D eigenvalue weighted by Gasteiger charge is 2.22. The van der Waals surface area contributed by atoms with Gasteiger partial charge in [-0.3, -0.25) is 0 Å². The van der Waals surface area contributed by atoms with Crippen molar-refractivity contribution < 1.29 is 9.13 Å². The summed E-state index contributed by atoms with van der Waals surface area (Å²) in [5.41, 5.74) is 3.39. The normalized spacial score (nSPS) is 16.8. The molecule has 0 fully saturated rings. The quantitative estimate of drug-likeness (QED) is 0.894. The summed E-state index contributed by atoms with van der Waals surface area (Å²) in [7, 11) is 0. The van der Waals surface area contributed by atoms with Gasteiger partial charge in [-0.05, 0) is 67.3 Å². The predicted molar refractivity (Wildman–Crippen MR) is 78.7 cm³/mol. The van der Waals surface area contributed by atoms with Crippen LogP contribution in [-0.2, 0) is 6.42 Å². The molecule has 0 radical (unpaired) electrons. The Bertz CT molecular complexity index is 594. The molecule has 2 aromatic carbocycles. The Morgan fingerprint density at radius 1 is 1.20 bits per heavy atom. The summed E-state index contributed by atoms with van der Waals surface area (Å²) in [6, 6.07) is 13.3. The summed E-state index contributed by atoms with van der Waals surface area (Å²) in [6.07, 6.45) is 1.94. The Morgan fingerprint density at radius 2 is 2.00 bits per heavy atom. The number of hydrogen-bond donors (Lipinski definition) is 1. The fourth-order valence-electron chi connectivity index (χ4n) is 2.75. The predicted octanol–water partition coefficient (Wildman–Crippen LogP) is 4.32. The van der Waals surface area contributed by atoms with E-state index in [0.29, 0.717) is 6.61 Å². The zero-order chi connectivity index (χ0) is 13.9. The van der Waals surface area contributed by atoms with Crippen molar-refractivity contribution in [1.29, 1.82) is 0 Å². The van der Waals surface area contributed by atoms with Crippen molar-refractivity contribution >= 4 is 5.69 Å². The van der Waals surface area contributed by atoms with Gasteiger partial charge in [0.25, 0.3) is 0 Å². The van der Waals surface area contributed by atoms with Gasteiger partial charge in [0, 0.05) is 5.69 Å². The third kappa shape index (κ3) is 2.62. The number of aryl methyl sites for hydroxylation is 1. The number of fused-ring (bicyclic) bond motifs is 1. The second-order valence-electron chi connectivity index (χ2n) is 5.04. The molecule has 2 nitrogen and oxygen atoms in total. The molecule has 0 amide bonds. The molecule has 1 atom stereocenters. The van der Waals surface area contributed by atoms with Crippen LogP contribution < -0.4 is 10.1 Å². The van der Waals surface area contributed by atoms with Crippen LogP contribution >= 0.6 is 0 Å². The molecule has 0 heterocycles. The van der Waals surface area contributed by atoms with Crippen molar-refractivity contribution in [3.63, 3.8) is 0 Å². The van der Waals surface area contributed by atoms with E-state index in [1.807, 2.05) is 37.3 Å². The van der Waals surface area contributed by atoms with E-state index in [0.717, 1.165) is 29.8 Å². The van der Waals surface area contributed by atoms with Crippen molar-refractivity contribution in [2.24, 2.45) is 0 Å². The second kappa shape index (κ2) is 5.53. The lowest BCUT2D eigenvalue weighted by Gasteiger charge is -2.16. The summed E-state index contributed by atoms with van der Waals surface area (Å²) in [5, 5.41) is 3.51. The summed E-state index contributed by atoms with van der Waals surface area (Å²) >= 11 is 0. The first-order valence-electron chi connectivity index (χ1n) is 7.04. The highest BCUT2D eigenvalue weighted by Crippen LogP contribution is 2.34. The zero-order valence-electron chi connectivity index (χ0n) is 11.5. The van der Waals surface area contributed by atoms with Gasteiger partial charge in [0.2, 0.25) is 0 Å². The van der Waals surface area contributed by atoms with Gasteiger partial charge >= 0.3 is 0 Å². The van der Waals surface area contributed by atoms with Crippen molar-refractivity contribution in [1.82, 2.24) is 0 Å². The van der Waals surface area contributed by atoms with E-state index in [1.54, 1.807) is 6.07 Å². The Morgan fingerprint density at radius 3 is 2.75 bits per heavy atom. The molecule has 20 heavy (non-hydrogen) atoms. The molecule has 1 N–H and O–H groups in total. The van der Waals surface area contributed by atoms with Crippen molar-refractivity contribution in [2.75, 3.05) is 11.9 Å². The Balaban J connectivity index is 1.73. The molecule has 0 aromatic heterocycles. The van der Waals surface area contributed by atoms with Gasteiger partial charge in [-0.25, -0.2) is 4.39 Å². The topological polar surface area (TPSA) is 21.3 Å². The van der Waals surface area contributed by atoms with Crippen LogP contribution in [0.5, 0.6) is 5.75 Å². The molecule has 0 bridgehead atoms. The van der Waals surface area contributed by atoms with Gasteiger partial charge in [-0.2, -0.15) is 0 Å². The summed E-state index contributed by atoms with van der Waals surface area (Å²) in [5.74, 6) is 0.734. The first kappa shape index (κ1) is 13.0. The van der Waals surface area contributed by atoms with Gasteiger partial charge in [0.1, 0.15) is 11.6 Å². The number of benzene rings is 2. The third-order valence-corrected chi connectivity index (χ3v) is 3.69. The van der Waals surface area contributed by atoms with Crippen molar-refractivity contribution in [3.05, 3.63) is 59.4 Å². The molecule has 3 heteroatoms. The Hall–Kier alpha value is -2.03. The number of hydrogen-bond acceptors (Lipinski definition) is 2. The van der Waals surface area contributed by atoms with Crippen LogP contribution in [0.25, 0.3) is 0 Å².